The molecule has 1 aliphatic heterocycles. The van der Waals surface area contributed by atoms with Gasteiger partial charge in [-0.1, -0.05) is 77.6 Å². The molecule has 0 fully saturated rings. The van der Waals surface area contributed by atoms with Crippen molar-refractivity contribution >= 4 is 10.4 Å². The van der Waals surface area contributed by atoms with Gasteiger partial charge in [-0.2, -0.15) is 0 Å². The van der Waals surface area contributed by atoms with E-state index in [2.05, 4.69) is 36.2 Å². The number of unbranched alkanes of at least 4 members (excludes halogenated alkanes) is 11. The first kappa shape index (κ1) is 24.2. The summed E-state index contributed by atoms with van der Waals surface area (Å²) < 4.78 is 32.8. The Morgan fingerprint density at radius 2 is 1.32 bits per heavy atom. The van der Waals surface area contributed by atoms with Crippen LogP contribution in [0.15, 0.2) is 12.4 Å². The minimum absolute atomic E-state index is 0. The molecule has 0 aromatic heterocycles. The second-order valence-electron chi connectivity index (χ2n) is 6.83. The molecule has 0 radical (unpaired) electrons. The fraction of sp³-hybridized carbons (Fsp3) is 0.889. The molecule has 1 aliphatic rings. The van der Waals surface area contributed by atoms with Crippen LogP contribution < -0.4 is 0 Å². The summed E-state index contributed by atoms with van der Waals surface area (Å²) in [5.74, 6) is 0. The fourth-order valence-corrected chi connectivity index (χ4v) is 2.89. The van der Waals surface area contributed by atoms with E-state index in [0.29, 0.717) is 0 Å². The Hall–Kier alpha value is -0.790. The van der Waals surface area contributed by atoms with Crippen molar-refractivity contribution in [1.82, 2.24) is 9.80 Å². The molecule has 0 aliphatic carbocycles. The smallest absolute Gasteiger partial charge is 0.726 e. The number of hydrogen-bond donors (Lipinski definition) is 1. The van der Waals surface area contributed by atoms with Gasteiger partial charge in [0, 0.05) is 26.0 Å². The normalized spacial score (nSPS) is 13.9. The maximum Gasteiger partial charge on any atom is 1.00 e. The summed E-state index contributed by atoms with van der Waals surface area (Å²) in [4.78, 5) is 4.65. The van der Waals surface area contributed by atoms with Gasteiger partial charge < -0.3 is 14.4 Å². The first-order valence-electron chi connectivity index (χ1n) is 9.64. The highest BCUT2D eigenvalue weighted by atomic mass is 32.3. The molecule has 0 spiro atoms. The van der Waals surface area contributed by atoms with Crippen molar-refractivity contribution in [3.63, 3.8) is 0 Å². The van der Waals surface area contributed by atoms with Gasteiger partial charge in [0.05, 0.1) is 6.67 Å². The van der Waals surface area contributed by atoms with Crippen LogP contribution in [0.25, 0.3) is 0 Å². The third-order valence-corrected chi connectivity index (χ3v) is 4.24. The molecule has 0 atom stereocenters. The molecule has 1 N–H and O–H groups in total. The third kappa shape index (κ3) is 21.2. The van der Waals surface area contributed by atoms with E-state index in [1.54, 1.807) is 0 Å². The topological polar surface area (TPSA) is 83.9 Å². The second-order valence-corrected chi connectivity index (χ2v) is 7.68. The van der Waals surface area contributed by atoms with Crippen molar-refractivity contribution in [1.29, 1.82) is 0 Å². The van der Waals surface area contributed by atoms with Crippen molar-refractivity contribution in [2.24, 2.45) is 0 Å². The highest BCUT2D eigenvalue weighted by Crippen LogP contribution is 2.12. The van der Waals surface area contributed by atoms with Gasteiger partial charge in [-0.3, -0.25) is 4.55 Å². The SMILES string of the molecule is CCCCCCCCCCCCCCN1C=CN(C)C1.O=S(=O)([O-])O.[H+]. The maximum atomic E-state index is 8.63. The summed E-state index contributed by atoms with van der Waals surface area (Å²) in [6.45, 7) is 4.61. The van der Waals surface area contributed by atoms with E-state index in [4.69, 9.17) is 17.5 Å². The summed E-state index contributed by atoms with van der Waals surface area (Å²) in [7, 11) is -2.78. The Labute approximate surface area is 156 Å². The lowest BCUT2D eigenvalue weighted by Crippen LogP contribution is -2.23. The van der Waals surface area contributed by atoms with Crippen molar-refractivity contribution in [2.75, 3.05) is 20.3 Å². The van der Waals surface area contributed by atoms with Crippen molar-refractivity contribution < 1.29 is 18.9 Å². The number of hydrogen-bond acceptors (Lipinski definition) is 5. The van der Waals surface area contributed by atoms with E-state index in [1.807, 2.05) is 0 Å². The minimum atomic E-state index is -4.92. The summed E-state index contributed by atoms with van der Waals surface area (Å²) in [6, 6.07) is 0. The van der Waals surface area contributed by atoms with Crippen LogP contribution in [0.3, 0.4) is 0 Å². The van der Waals surface area contributed by atoms with Gasteiger partial charge in [-0.15, -0.1) is 0 Å². The van der Waals surface area contributed by atoms with Crippen LogP contribution in [0.4, 0.5) is 0 Å². The lowest BCUT2D eigenvalue weighted by atomic mass is 10.1. The molecule has 0 aromatic carbocycles. The predicted octanol–water partition coefficient (Wildman–Crippen LogP) is 4.48. The minimum Gasteiger partial charge on any atom is -0.726 e. The fourth-order valence-electron chi connectivity index (χ4n) is 2.89. The molecule has 0 saturated heterocycles. The predicted molar refractivity (Wildman–Crippen MR) is 103 cm³/mol. The Morgan fingerprint density at radius 3 is 1.68 bits per heavy atom. The molecule has 0 unspecified atom stereocenters. The quantitative estimate of drug-likeness (QED) is 0.289. The highest BCUT2D eigenvalue weighted by molar-refractivity contribution is 7.79. The van der Waals surface area contributed by atoms with Gasteiger partial charge >= 0.3 is 1.43 Å². The van der Waals surface area contributed by atoms with E-state index < -0.39 is 10.4 Å². The molecule has 25 heavy (non-hydrogen) atoms. The van der Waals surface area contributed by atoms with Gasteiger partial charge in [0.25, 0.3) is 0 Å². The number of nitrogens with zero attached hydrogens (tertiary/aromatic N) is 2. The zero-order chi connectivity index (χ0) is 19.0. The van der Waals surface area contributed by atoms with Crippen molar-refractivity contribution in [3.8, 4) is 0 Å². The van der Waals surface area contributed by atoms with E-state index in [1.165, 1.54) is 83.6 Å². The lowest BCUT2D eigenvalue weighted by Gasteiger charge is -2.17. The molecule has 0 saturated carbocycles. The van der Waals surface area contributed by atoms with Gasteiger partial charge in [0.2, 0.25) is 10.4 Å². The average molecular weight is 379 g/mol. The second kappa shape index (κ2) is 15.5. The Kier molecular flexibility index (Phi) is 15.0. The van der Waals surface area contributed by atoms with Crippen LogP contribution in [-0.4, -0.2) is 47.6 Å². The molecular formula is C18H38N2O4S. The Balaban J connectivity index is 0. The van der Waals surface area contributed by atoms with Gasteiger partial charge in [0.15, 0.2) is 0 Å². The zero-order valence-corrected chi connectivity index (χ0v) is 16.8. The molecular weight excluding hydrogens is 340 g/mol. The molecule has 1 rings (SSSR count). The Bertz CT molecular complexity index is 425. The van der Waals surface area contributed by atoms with E-state index >= 15 is 0 Å². The van der Waals surface area contributed by atoms with Crippen molar-refractivity contribution in [3.05, 3.63) is 12.4 Å². The van der Waals surface area contributed by atoms with Crippen LogP contribution in [0.5, 0.6) is 0 Å². The van der Waals surface area contributed by atoms with Crippen LogP contribution in [0.2, 0.25) is 0 Å². The Morgan fingerprint density at radius 1 is 0.920 bits per heavy atom. The largest absolute Gasteiger partial charge is 1.00 e. The average Bonchev–Trinajstić information content (AvgIpc) is 2.92. The van der Waals surface area contributed by atoms with Gasteiger partial charge in [-0.25, -0.2) is 8.42 Å². The monoisotopic (exact) mass is 378 g/mol. The summed E-state index contributed by atoms with van der Waals surface area (Å²) in [5, 5.41) is 0. The lowest BCUT2D eigenvalue weighted by molar-refractivity contribution is 0.290. The summed E-state index contributed by atoms with van der Waals surface area (Å²) >= 11 is 0. The first-order chi connectivity index (χ1) is 11.8. The van der Waals surface area contributed by atoms with Gasteiger partial charge in [-0.05, 0) is 6.42 Å². The summed E-state index contributed by atoms with van der Waals surface area (Å²) in [5.41, 5.74) is 0. The van der Waals surface area contributed by atoms with E-state index in [9.17, 15) is 0 Å². The molecule has 1 heterocycles. The maximum absolute atomic E-state index is 8.63. The van der Waals surface area contributed by atoms with E-state index in [-0.39, 0.29) is 1.43 Å². The van der Waals surface area contributed by atoms with Crippen LogP contribution in [-0.2, 0) is 10.4 Å². The molecule has 150 valence electrons. The molecule has 6 nitrogen and oxygen atoms in total. The molecule has 0 amide bonds. The van der Waals surface area contributed by atoms with Crippen molar-refractivity contribution in [2.45, 2.75) is 84.0 Å². The van der Waals surface area contributed by atoms with E-state index in [0.717, 1.165) is 6.67 Å². The van der Waals surface area contributed by atoms with Crippen LogP contribution >= 0.6 is 0 Å². The summed E-state index contributed by atoms with van der Waals surface area (Å²) in [6.07, 6.45) is 21.6. The first-order valence-corrected chi connectivity index (χ1v) is 11.0. The molecule has 0 aromatic rings. The third-order valence-electron chi connectivity index (χ3n) is 4.24. The molecule has 7 heteroatoms. The number of rotatable bonds is 13. The highest BCUT2D eigenvalue weighted by Gasteiger charge is 2.06. The van der Waals surface area contributed by atoms with Crippen LogP contribution in [0, 0.1) is 0 Å². The zero-order valence-electron chi connectivity index (χ0n) is 17.0. The van der Waals surface area contributed by atoms with Crippen LogP contribution in [0.1, 0.15) is 85.4 Å². The van der Waals surface area contributed by atoms with Gasteiger partial charge in [0.1, 0.15) is 0 Å². The standard InChI is InChI=1S/C18H36N2.H2O4S/c1-3-4-5-6-7-8-9-10-11-12-13-14-15-20-17-16-19(2)18-20;1-5(2,3)4/h16-17H,3-15,18H2,1-2H3;(H2,1,2,3,4). The molecule has 0 bridgehead atoms.